The van der Waals surface area contributed by atoms with E-state index in [9.17, 15) is 4.79 Å². The number of amides is 1. The second-order valence-corrected chi connectivity index (χ2v) is 9.78. The van der Waals surface area contributed by atoms with Crippen molar-refractivity contribution < 1.29 is 13.9 Å². The lowest BCUT2D eigenvalue weighted by Gasteiger charge is -2.26. The summed E-state index contributed by atoms with van der Waals surface area (Å²) in [7, 11) is 0. The number of aromatic nitrogens is 3. The molecular weight excluding hydrogens is 476 g/mol. The Morgan fingerprint density at radius 3 is 2.37 bits per heavy atom. The van der Waals surface area contributed by atoms with Crippen molar-refractivity contribution in [3.8, 4) is 5.75 Å². The number of hydrogen-bond acceptors (Lipinski definition) is 5. The third kappa shape index (κ3) is 5.83. The minimum Gasteiger partial charge on any atom is -0.486 e. The van der Waals surface area contributed by atoms with E-state index in [2.05, 4.69) is 77.8 Å². The lowest BCUT2D eigenvalue weighted by atomic mass is 9.78. The van der Waals surface area contributed by atoms with Crippen LogP contribution < -0.4 is 10.1 Å². The number of anilines is 1. The number of furan rings is 1. The first-order valence-corrected chi connectivity index (χ1v) is 12.5. The van der Waals surface area contributed by atoms with Crippen molar-refractivity contribution >= 4 is 11.9 Å². The first-order valence-electron chi connectivity index (χ1n) is 12.5. The van der Waals surface area contributed by atoms with Gasteiger partial charge >= 0.3 is 0 Å². The fraction of sp³-hybridized carbons (Fsp3) is 0.194. The summed E-state index contributed by atoms with van der Waals surface area (Å²) in [6.07, 6.45) is 1.59. The van der Waals surface area contributed by atoms with Crippen molar-refractivity contribution in [3.05, 3.63) is 131 Å². The van der Waals surface area contributed by atoms with Crippen LogP contribution in [-0.4, -0.2) is 20.7 Å². The van der Waals surface area contributed by atoms with Crippen LogP contribution in [0.5, 0.6) is 5.75 Å². The fourth-order valence-corrected chi connectivity index (χ4v) is 4.19. The van der Waals surface area contributed by atoms with Crippen LogP contribution in [0, 0.1) is 6.92 Å². The zero-order valence-electron chi connectivity index (χ0n) is 21.7. The molecule has 0 saturated carbocycles. The first kappa shape index (κ1) is 25.0. The molecule has 1 amide bonds. The van der Waals surface area contributed by atoms with E-state index in [1.54, 1.807) is 23.1 Å². The monoisotopic (exact) mass is 506 g/mol. The number of ether oxygens (including phenoxy) is 1. The number of aryl methyl sites for hydroxylation is 1. The summed E-state index contributed by atoms with van der Waals surface area (Å²) < 4.78 is 13.3. The molecule has 5 rings (SSSR count). The molecule has 7 heteroatoms. The molecule has 0 spiro atoms. The largest absolute Gasteiger partial charge is 0.486 e. The second kappa shape index (κ2) is 10.8. The Hall–Kier alpha value is -4.65. The van der Waals surface area contributed by atoms with Gasteiger partial charge in [-0.05, 0) is 47.9 Å². The summed E-state index contributed by atoms with van der Waals surface area (Å²) in [5.74, 6) is 1.23. The lowest BCUT2D eigenvalue weighted by Crippen LogP contribution is -2.18. The van der Waals surface area contributed by atoms with Crippen LogP contribution in [0.15, 0.2) is 102 Å². The van der Waals surface area contributed by atoms with Crippen LogP contribution >= 0.6 is 0 Å². The van der Waals surface area contributed by atoms with Gasteiger partial charge in [0.1, 0.15) is 24.4 Å². The lowest BCUT2D eigenvalue weighted by molar-refractivity contribution is 0.0991. The van der Waals surface area contributed by atoms with Gasteiger partial charge in [0.15, 0.2) is 5.76 Å². The number of carbonyl (C=O) groups is 1. The number of nitrogens with one attached hydrogen (secondary N) is 1. The molecule has 0 bridgehead atoms. The quantitative estimate of drug-likeness (QED) is 0.251. The number of benzene rings is 3. The molecule has 5 aromatic rings. The topological polar surface area (TPSA) is 82.2 Å². The molecule has 0 fully saturated rings. The molecule has 0 aliphatic heterocycles. The Morgan fingerprint density at radius 1 is 0.921 bits per heavy atom. The molecule has 192 valence electrons. The van der Waals surface area contributed by atoms with E-state index in [1.807, 2.05) is 37.3 Å². The van der Waals surface area contributed by atoms with Gasteiger partial charge in [-0.1, -0.05) is 86.1 Å². The average Bonchev–Trinajstić information content (AvgIpc) is 3.59. The highest BCUT2D eigenvalue weighted by Crippen LogP contribution is 2.32. The zero-order chi connectivity index (χ0) is 26.5. The predicted molar refractivity (Wildman–Crippen MR) is 146 cm³/mol. The molecule has 3 aromatic carbocycles. The van der Waals surface area contributed by atoms with E-state index in [0.29, 0.717) is 12.3 Å². The molecule has 0 unspecified atom stereocenters. The number of carbonyl (C=O) groups excluding carboxylic acids is 1. The Kier molecular flexibility index (Phi) is 7.09. The maximum atomic E-state index is 12.6. The molecule has 0 atom stereocenters. The smallest absolute Gasteiger partial charge is 0.293 e. The van der Waals surface area contributed by atoms with Gasteiger partial charge in [-0.25, -0.2) is 9.67 Å². The van der Waals surface area contributed by atoms with Gasteiger partial charge in [-0.15, -0.1) is 5.10 Å². The van der Waals surface area contributed by atoms with Gasteiger partial charge in [0, 0.05) is 5.41 Å². The summed E-state index contributed by atoms with van der Waals surface area (Å²) in [6.45, 7) is 7.23. The highest BCUT2D eigenvalue weighted by molar-refractivity contribution is 6.01. The summed E-state index contributed by atoms with van der Waals surface area (Å²) in [5.41, 5.74) is 4.63. The molecule has 7 nitrogen and oxygen atoms in total. The minimum atomic E-state index is -0.420. The molecule has 0 aliphatic carbocycles. The molecule has 2 aromatic heterocycles. The number of hydrogen-bond donors (Lipinski definition) is 1. The van der Waals surface area contributed by atoms with Gasteiger partial charge in [-0.3, -0.25) is 10.1 Å². The third-order valence-electron chi connectivity index (χ3n) is 6.57. The van der Waals surface area contributed by atoms with E-state index < -0.39 is 5.91 Å². The van der Waals surface area contributed by atoms with Gasteiger partial charge in [0.05, 0.1) is 6.54 Å². The van der Waals surface area contributed by atoms with Crippen LogP contribution in [0.1, 0.15) is 52.4 Å². The molecule has 1 N–H and O–H groups in total. The van der Waals surface area contributed by atoms with Gasteiger partial charge in [0.25, 0.3) is 5.91 Å². The third-order valence-corrected chi connectivity index (χ3v) is 6.57. The van der Waals surface area contributed by atoms with Crippen LogP contribution in [0.3, 0.4) is 0 Å². The van der Waals surface area contributed by atoms with Crippen molar-refractivity contribution in [2.45, 2.75) is 39.3 Å². The summed E-state index contributed by atoms with van der Waals surface area (Å²) in [4.78, 5) is 16.8. The van der Waals surface area contributed by atoms with Gasteiger partial charge in [-0.2, -0.15) is 0 Å². The van der Waals surface area contributed by atoms with Crippen LogP contribution in [-0.2, 0) is 18.6 Å². The molecule has 2 heterocycles. The molecule has 0 saturated heterocycles. The van der Waals surface area contributed by atoms with Crippen LogP contribution in [0.2, 0.25) is 0 Å². The molecular formula is C31H30N4O3. The summed E-state index contributed by atoms with van der Waals surface area (Å²) in [6, 6.07) is 30.0. The predicted octanol–water partition coefficient (Wildman–Crippen LogP) is 6.39. The Morgan fingerprint density at radius 2 is 1.63 bits per heavy atom. The first-order chi connectivity index (χ1) is 18.4. The zero-order valence-corrected chi connectivity index (χ0v) is 21.7. The Labute approximate surface area is 222 Å². The Bertz CT molecular complexity index is 1500. The molecule has 0 aliphatic rings. The van der Waals surface area contributed by atoms with Crippen molar-refractivity contribution in [3.63, 3.8) is 0 Å². The summed E-state index contributed by atoms with van der Waals surface area (Å²) in [5, 5.41) is 7.00. The Balaban J connectivity index is 1.15. The van der Waals surface area contributed by atoms with E-state index in [1.165, 1.54) is 16.7 Å². The van der Waals surface area contributed by atoms with Crippen LogP contribution in [0.25, 0.3) is 0 Å². The van der Waals surface area contributed by atoms with Crippen LogP contribution in [0.4, 0.5) is 5.95 Å². The summed E-state index contributed by atoms with van der Waals surface area (Å²) >= 11 is 0. The standard InChI is InChI=1S/C31H30N4O3/c1-22-9-11-23(12-10-22)19-35-21-32-30(34-35)33-29(36)28-18-17-27(38-28)20-37-26-15-13-25(14-16-26)31(2,3)24-7-5-4-6-8-24/h4-18,21H,19-20H2,1-3H3,(H,33,34,36). The van der Waals surface area contributed by atoms with Crippen molar-refractivity contribution in [1.29, 1.82) is 0 Å². The van der Waals surface area contributed by atoms with Crippen molar-refractivity contribution in [1.82, 2.24) is 14.8 Å². The van der Waals surface area contributed by atoms with Crippen molar-refractivity contribution in [2.75, 3.05) is 5.32 Å². The fourth-order valence-electron chi connectivity index (χ4n) is 4.19. The number of rotatable bonds is 9. The van der Waals surface area contributed by atoms with E-state index in [-0.39, 0.29) is 23.7 Å². The number of nitrogens with zero attached hydrogens (tertiary/aromatic N) is 3. The SMILES string of the molecule is Cc1ccc(Cn2cnc(NC(=O)c3ccc(COc4ccc(C(C)(C)c5ccccc5)cc4)o3)n2)cc1. The van der Waals surface area contributed by atoms with E-state index >= 15 is 0 Å². The van der Waals surface area contributed by atoms with Gasteiger partial charge < -0.3 is 9.15 Å². The maximum absolute atomic E-state index is 12.6. The second-order valence-electron chi connectivity index (χ2n) is 9.78. The van der Waals surface area contributed by atoms with Crippen molar-refractivity contribution in [2.24, 2.45) is 0 Å². The molecule has 0 radical (unpaired) electrons. The van der Waals surface area contributed by atoms with E-state index in [4.69, 9.17) is 9.15 Å². The highest BCUT2D eigenvalue weighted by atomic mass is 16.5. The molecule has 38 heavy (non-hydrogen) atoms. The maximum Gasteiger partial charge on any atom is 0.293 e. The normalized spacial score (nSPS) is 11.3. The van der Waals surface area contributed by atoms with E-state index in [0.717, 1.165) is 11.3 Å². The van der Waals surface area contributed by atoms with Gasteiger partial charge in [0.2, 0.25) is 5.95 Å². The highest BCUT2D eigenvalue weighted by Gasteiger charge is 2.22. The minimum absolute atomic E-state index is 0.117. The average molecular weight is 507 g/mol.